The number of carbonyl (C=O) groups excluding carboxylic acids is 2. The second-order valence-corrected chi connectivity index (χ2v) is 7.41. The lowest BCUT2D eigenvalue weighted by molar-refractivity contribution is -0.138. The van der Waals surface area contributed by atoms with Crippen molar-refractivity contribution in [1.29, 1.82) is 0 Å². The first-order chi connectivity index (χ1) is 13.4. The van der Waals surface area contributed by atoms with Gasteiger partial charge in [-0.1, -0.05) is 48.2 Å². The molecule has 1 atom stereocenters. The number of hydrogen-bond donors (Lipinski definition) is 1. The lowest BCUT2D eigenvalue weighted by Crippen LogP contribution is -2.34. The number of rotatable bonds is 4. The molecule has 1 aliphatic heterocycles. The molecule has 2 amide bonds. The summed E-state index contributed by atoms with van der Waals surface area (Å²) >= 11 is 0.870. The van der Waals surface area contributed by atoms with E-state index in [4.69, 9.17) is 0 Å². The number of carbonyl (C=O) groups is 2. The van der Waals surface area contributed by atoms with Gasteiger partial charge in [-0.05, 0) is 24.1 Å². The van der Waals surface area contributed by atoms with E-state index in [2.05, 4.69) is 4.98 Å². The van der Waals surface area contributed by atoms with Crippen LogP contribution in [0.3, 0.4) is 0 Å². The predicted molar refractivity (Wildman–Crippen MR) is 101 cm³/mol. The summed E-state index contributed by atoms with van der Waals surface area (Å²) in [6, 6.07) is 11.7. The molecule has 1 unspecified atom stereocenters. The van der Waals surface area contributed by atoms with Crippen LogP contribution in [0.1, 0.15) is 22.7 Å². The topological polar surface area (TPSA) is 53.2 Å². The number of thioether (sulfide) groups is 1. The zero-order valence-electron chi connectivity index (χ0n) is 14.5. The van der Waals surface area contributed by atoms with Crippen molar-refractivity contribution in [3.63, 3.8) is 0 Å². The standard InChI is InChI=1S/C20H15F3N2O2S/c21-20(22,23)15-7-3-1-5-12(15)9-17(25-18(26)11-28-19(25)27)14-10-24-16-8-4-2-6-13(14)16/h1-8,10,17,24H,9,11H2. The van der Waals surface area contributed by atoms with Crippen LogP contribution in [0.4, 0.5) is 18.0 Å². The molecule has 2 aromatic carbocycles. The number of amides is 2. The summed E-state index contributed by atoms with van der Waals surface area (Å²) in [5.74, 6) is -0.395. The monoisotopic (exact) mass is 404 g/mol. The molecule has 2 heterocycles. The molecule has 0 spiro atoms. The Hall–Kier alpha value is -2.74. The van der Waals surface area contributed by atoms with E-state index in [-0.39, 0.29) is 17.7 Å². The summed E-state index contributed by atoms with van der Waals surface area (Å²) in [5, 5.41) is 0.333. The van der Waals surface area contributed by atoms with Gasteiger partial charge in [-0.25, -0.2) is 0 Å². The summed E-state index contributed by atoms with van der Waals surface area (Å²) in [4.78, 5) is 28.9. The maximum absolute atomic E-state index is 13.5. The summed E-state index contributed by atoms with van der Waals surface area (Å²) in [6.45, 7) is 0. The van der Waals surface area contributed by atoms with Crippen LogP contribution in [0.2, 0.25) is 0 Å². The van der Waals surface area contributed by atoms with E-state index in [9.17, 15) is 22.8 Å². The zero-order valence-corrected chi connectivity index (χ0v) is 15.3. The van der Waals surface area contributed by atoms with Gasteiger partial charge in [0.15, 0.2) is 0 Å². The molecule has 4 nitrogen and oxygen atoms in total. The molecular weight excluding hydrogens is 389 g/mol. The third kappa shape index (κ3) is 3.28. The molecule has 1 aliphatic rings. The van der Waals surface area contributed by atoms with Gasteiger partial charge < -0.3 is 4.98 Å². The average Bonchev–Trinajstić information content (AvgIpc) is 3.23. The molecule has 0 radical (unpaired) electrons. The number of alkyl halides is 3. The fourth-order valence-electron chi connectivity index (χ4n) is 3.56. The van der Waals surface area contributed by atoms with E-state index in [0.717, 1.165) is 33.6 Å². The van der Waals surface area contributed by atoms with Crippen LogP contribution >= 0.6 is 11.8 Å². The Morgan fingerprint density at radius 3 is 2.50 bits per heavy atom. The summed E-state index contributed by atoms with van der Waals surface area (Å²) in [5.41, 5.74) is 0.699. The molecular formula is C20H15F3N2O2S. The molecule has 8 heteroatoms. The molecule has 1 fully saturated rings. The highest BCUT2D eigenvalue weighted by atomic mass is 32.2. The van der Waals surface area contributed by atoms with E-state index < -0.39 is 28.9 Å². The Labute approximate surface area is 162 Å². The van der Waals surface area contributed by atoms with Gasteiger partial charge in [-0.15, -0.1) is 0 Å². The number of nitrogens with zero attached hydrogens (tertiary/aromatic N) is 1. The molecule has 0 bridgehead atoms. The van der Waals surface area contributed by atoms with Crippen molar-refractivity contribution < 1.29 is 22.8 Å². The van der Waals surface area contributed by atoms with Gasteiger partial charge in [0.1, 0.15) is 0 Å². The van der Waals surface area contributed by atoms with Crippen LogP contribution in [0.25, 0.3) is 10.9 Å². The van der Waals surface area contributed by atoms with E-state index >= 15 is 0 Å². The van der Waals surface area contributed by atoms with Crippen molar-refractivity contribution in [2.45, 2.75) is 18.6 Å². The summed E-state index contributed by atoms with van der Waals surface area (Å²) < 4.78 is 40.4. The second kappa shape index (κ2) is 7.01. The SMILES string of the molecule is O=C1CSC(=O)N1C(Cc1ccccc1C(F)(F)F)c1c[nH]c2ccccc12. The third-order valence-corrected chi connectivity index (χ3v) is 5.65. The van der Waals surface area contributed by atoms with Gasteiger partial charge in [-0.2, -0.15) is 13.2 Å². The number of nitrogens with one attached hydrogen (secondary N) is 1. The quantitative estimate of drug-likeness (QED) is 0.653. The summed E-state index contributed by atoms with van der Waals surface area (Å²) in [6.07, 6.45) is -2.97. The van der Waals surface area contributed by atoms with Crippen LogP contribution in [-0.4, -0.2) is 26.8 Å². The van der Waals surface area contributed by atoms with Gasteiger partial charge in [-0.3, -0.25) is 14.5 Å². The van der Waals surface area contributed by atoms with Crippen molar-refractivity contribution in [2.24, 2.45) is 0 Å². The van der Waals surface area contributed by atoms with Gasteiger partial charge in [0, 0.05) is 22.7 Å². The molecule has 1 saturated heterocycles. The lowest BCUT2D eigenvalue weighted by Gasteiger charge is -2.27. The molecule has 3 aromatic rings. The van der Waals surface area contributed by atoms with Crippen molar-refractivity contribution in [2.75, 3.05) is 5.75 Å². The maximum Gasteiger partial charge on any atom is 0.416 e. The zero-order chi connectivity index (χ0) is 19.9. The Balaban J connectivity index is 1.84. The second-order valence-electron chi connectivity index (χ2n) is 6.48. The number of imide groups is 1. The summed E-state index contributed by atoms with van der Waals surface area (Å²) in [7, 11) is 0. The average molecular weight is 404 g/mol. The lowest BCUT2D eigenvalue weighted by atomic mass is 9.94. The van der Waals surface area contributed by atoms with E-state index in [1.165, 1.54) is 18.2 Å². The van der Waals surface area contributed by atoms with Crippen LogP contribution in [0, 0.1) is 0 Å². The van der Waals surface area contributed by atoms with Gasteiger partial charge in [0.25, 0.3) is 5.24 Å². The van der Waals surface area contributed by atoms with Gasteiger partial charge in [0.05, 0.1) is 17.4 Å². The minimum atomic E-state index is -4.52. The molecule has 1 aromatic heterocycles. The number of aromatic nitrogens is 1. The van der Waals surface area contributed by atoms with Crippen molar-refractivity contribution >= 4 is 33.8 Å². The predicted octanol–water partition coefficient (Wildman–Crippen LogP) is 5.17. The maximum atomic E-state index is 13.5. The molecule has 144 valence electrons. The minimum Gasteiger partial charge on any atom is -0.361 e. The van der Waals surface area contributed by atoms with Crippen molar-refractivity contribution in [3.8, 4) is 0 Å². The highest BCUT2D eigenvalue weighted by molar-refractivity contribution is 8.14. The third-order valence-electron chi connectivity index (χ3n) is 4.81. The molecule has 1 N–H and O–H groups in total. The first-order valence-electron chi connectivity index (χ1n) is 8.56. The van der Waals surface area contributed by atoms with Crippen LogP contribution < -0.4 is 0 Å². The smallest absolute Gasteiger partial charge is 0.361 e. The Kier molecular flexibility index (Phi) is 4.66. The molecule has 0 aliphatic carbocycles. The highest BCUT2D eigenvalue weighted by Crippen LogP contribution is 2.39. The number of hydrogen-bond acceptors (Lipinski definition) is 3. The number of aromatic amines is 1. The Bertz CT molecular complexity index is 1040. The van der Waals surface area contributed by atoms with E-state index in [1.807, 2.05) is 24.3 Å². The van der Waals surface area contributed by atoms with Crippen LogP contribution in [0.5, 0.6) is 0 Å². The number of halogens is 3. The fraction of sp³-hybridized carbons (Fsp3) is 0.200. The molecule has 28 heavy (non-hydrogen) atoms. The normalized spacial score (nSPS) is 16.2. The van der Waals surface area contributed by atoms with Crippen LogP contribution in [0.15, 0.2) is 54.7 Å². The minimum absolute atomic E-state index is 0.00138. The first-order valence-corrected chi connectivity index (χ1v) is 9.55. The first kappa shape index (κ1) is 18.6. The van der Waals surface area contributed by atoms with Gasteiger partial charge in [0.2, 0.25) is 5.91 Å². The van der Waals surface area contributed by atoms with Gasteiger partial charge >= 0.3 is 6.18 Å². The number of fused-ring (bicyclic) bond motifs is 1. The molecule has 0 saturated carbocycles. The number of para-hydroxylation sites is 1. The van der Waals surface area contributed by atoms with E-state index in [0.29, 0.717) is 5.56 Å². The largest absolute Gasteiger partial charge is 0.416 e. The number of H-pyrrole nitrogens is 1. The van der Waals surface area contributed by atoms with Crippen LogP contribution in [-0.2, 0) is 17.4 Å². The Morgan fingerprint density at radius 2 is 1.79 bits per heavy atom. The van der Waals surface area contributed by atoms with Crippen molar-refractivity contribution in [3.05, 3.63) is 71.4 Å². The highest BCUT2D eigenvalue weighted by Gasteiger charge is 2.40. The Morgan fingerprint density at radius 1 is 1.07 bits per heavy atom. The number of benzene rings is 2. The van der Waals surface area contributed by atoms with Crippen molar-refractivity contribution in [1.82, 2.24) is 9.88 Å². The van der Waals surface area contributed by atoms with E-state index in [1.54, 1.807) is 6.20 Å². The molecule has 4 rings (SSSR count). The fourth-order valence-corrected chi connectivity index (χ4v) is 4.31.